The normalized spacial score (nSPS) is 14.7. The SMILES string of the molecule is CCNC(=O)NC(=O)C(C)OC(=O)Cc1ccc(N2CCCC2=O)cc1. The third kappa shape index (κ3) is 5.30. The van der Waals surface area contributed by atoms with E-state index in [1.165, 1.54) is 6.92 Å². The summed E-state index contributed by atoms with van der Waals surface area (Å²) in [6.45, 7) is 4.21. The number of nitrogens with one attached hydrogen (secondary N) is 2. The summed E-state index contributed by atoms with van der Waals surface area (Å²) < 4.78 is 5.05. The lowest BCUT2D eigenvalue weighted by Crippen LogP contribution is -2.44. The van der Waals surface area contributed by atoms with E-state index in [1.807, 2.05) is 0 Å². The van der Waals surface area contributed by atoms with Crippen molar-refractivity contribution in [2.75, 3.05) is 18.0 Å². The number of anilines is 1. The highest BCUT2D eigenvalue weighted by Gasteiger charge is 2.22. The number of nitrogens with zero attached hydrogens (tertiary/aromatic N) is 1. The van der Waals surface area contributed by atoms with Gasteiger partial charge in [-0.15, -0.1) is 0 Å². The van der Waals surface area contributed by atoms with E-state index in [-0.39, 0.29) is 12.3 Å². The molecule has 8 nitrogen and oxygen atoms in total. The molecule has 1 saturated heterocycles. The molecule has 1 atom stereocenters. The summed E-state index contributed by atoms with van der Waals surface area (Å²) in [5.41, 5.74) is 1.51. The Morgan fingerprint density at radius 2 is 1.92 bits per heavy atom. The molecule has 2 rings (SSSR count). The zero-order valence-electron chi connectivity index (χ0n) is 14.9. The first-order valence-corrected chi connectivity index (χ1v) is 8.58. The second-order valence-electron chi connectivity index (χ2n) is 5.97. The number of imide groups is 1. The Kier molecular flexibility index (Phi) is 6.71. The number of ether oxygens (including phenoxy) is 1. The molecule has 1 heterocycles. The Morgan fingerprint density at radius 1 is 1.23 bits per heavy atom. The fourth-order valence-corrected chi connectivity index (χ4v) is 2.59. The smallest absolute Gasteiger partial charge is 0.321 e. The van der Waals surface area contributed by atoms with E-state index < -0.39 is 24.0 Å². The van der Waals surface area contributed by atoms with E-state index in [1.54, 1.807) is 36.1 Å². The molecule has 1 fully saturated rings. The molecule has 4 amide bonds. The van der Waals surface area contributed by atoms with Crippen LogP contribution in [-0.2, 0) is 25.5 Å². The van der Waals surface area contributed by atoms with Crippen LogP contribution < -0.4 is 15.5 Å². The second kappa shape index (κ2) is 8.98. The fourth-order valence-electron chi connectivity index (χ4n) is 2.59. The van der Waals surface area contributed by atoms with Crippen LogP contribution >= 0.6 is 0 Å². The lowest BCUT2D eigenvalue weighted by atomic mass is 10.1. The van der Waals surface area contributed by atoms with Crippen LogP contribution in [0.3, 0.4) is 0 Å². The molecule has 0 radical (unpaired) electrons. The van der Waals surface area contributed by atoms with Gasteiger partial charge in [0.2, 0.25) is 5.91 Å². The van der Waals surface area contributed by atoms with E-state index in [0.29, 0.717) is 25.1 Å². The van der Waals surface area contributed by atoms with E-state index in [2.05, 4.69) is 10.6 Å². The summed E-state index contributed by atoms with van der Waals surface area (Å²) in [4.78, 5) is 48.4. The van der Waals surface area contributed by atoms with Gasteiger partial charge >= 0.3 is 12.0 Å². The second-order valence-corrected chi connectivity index (χ2v) is 5.97. The minimum atomic E-state index is -1.08. The average molecular weight is 361 g/mol. The molecule has 8 heteroatoms. The zero-order chi connectivity index (χ0) is 19.1. The van der Waals surface area contributed by atoms with Crippen molar-refractivity contribution < 1.29 is 23.9 Å². The minimum absolute atomic E-state index is 0.00694. The number of hydrogen-bond acceptors (Lipinski definition) is 5. The third-order valence-electron chi connectivity index (χ3n) is 3.92. The van der Waals surface area contributed by atoms with Crippen LogP contribution in [0.2, 0.25) is 0 Å². The first kappa shape index (κ1) is 19.4. The predicted molar refractivity (Wildman–Crippen MR) is 94.5 cm³/mol. The van der Waals surface area contributed by atoms with Crippen molar-refractivity contribution in [3.63, 3.8) is 0 Å². The van der Waals surface area contributed by atoms with Gasteiger partial charge in [-0.2, -0.15) is 0 Å². The molecule has 0 aromatic heterocycles. The van der Waals surface area contributed by atoms with Crippen molar-refractivity contribution in [2.24, 2.45) is 0 Å². The van der Waals surface area contributed by atoms with Gasteiger partial charge < -0.3 is 15.0 Å². The highest BCUT2D eigenvalue weighted by Crippen LogP contribution is 2.21. The Hall–Kier alpha value is -2.90. The molecule has 26 heavy (non-hydrogen) atoms. The van der Waals surface area contributed by atoms with Crippen LogP contribution in [0, 0.1) is 0 Å². The van der Waals surface area contributed by atoms with Crippen LogP contribution in [0.25, 0.3) is 0 Å². The summed E-state index contributed by atoms with van der Waals surface area (Å²) in [7, 11) is 0. The number of benzene rings is 1. The highest BCUT2D eigenvalue weighted by molar-refractivity contribution is 5.97. The Balaban J connectivity index is 1.84. The maximum absolute atomic E-state index is 12.0. The van der Waals surface area contributed by atoms with Crippen molar-refractivity contribution in [1.82, 2.24) is 10.6 Å². The molecule has 1 aromatic carbocycles. The van der Waals surface area contributed by atoms with Gasteiger partial charge in [0.25, 0.3) is 5.91 Å². The number of urea groups is 1. The number of amides is 4. The third-order valence-corrected chi connectivity index (χ3v) is 3.92. The maximum Gasteiger partial charge on any atom is 0.321 e. The van der Waals surface area contributed by atoms with Crippen molar-refractivity contribution in [3.8, 4) is 0 Å². The molecule has 0 spiro atoms. The van der Waals surface area contributed by atoms with Gasteiger partial charge in [-0.3, -0.25) is 19.7 Å². The van der Waals surface area contributed by atoms with Crippen LogP contribution in [0.1, 0.15) is 32.3 Å². The molecule has 1 unspecified atom stereocenters. The van der Waals surface area contributed by atoms with Crippen molar-refractivity contribution in [2.45, 2.75) is 39.2 Å². The van der Waals surface area contributed by atoms with E-state index >= 15 is 0 Å². The average Bonchev–Trinajstić information content (AvgIpc) is 3.01. The molecule has 0 aliphatic carbocycles. The fraction of sp³-hybridized carbons (Fsp3) is 0.444. The van der Waals surface area contributed by atoms with Gasteiger partial charge in [-0.25, -0.2) is 4.79 Å². The summed E-state index contributed by atoms with van der Waals surface area (Å²) in [5.74, 6) is -1.16. The Morgan fingerprint density at radius 3 is 2.50 bits per heavy atom. The Bertz CT molecular complexity index is 687. The summed E-state index contributed by atoms with van der Waals surface area (Å²) >= 11 is 0. The van der Waals surface area contributed by atoms with E-state index in [0.717, 1.165) is 12.1 Å². The number of carbonyl (C=O) groups excluding carboxylic acids is 4. The Labute approximate surface area is 151 Å². The molecule has 2 N–H and O–H groups in total. The monoisotopic (exact) mass is 361 g/mol. The quantitative estimate of drug-likeness (QED) is 0.739. The molecule has 140 valence electrons. The maximum atomic E-state index is 12.0. The van der Waals surface area contributed by atoms with Gasteiger partial charge in [0.05, 0.1) is 6.42 Å². The van der Waals surface area contributed by atoms with E-state index in [4.69, 9.17) is 4.74 Å². The standard InChI is InChI=1S/C18H23N3O5/c1-3-19-18(25)20-17(24)12(2)26-16(23)11-13-6-8-14(9-7-13)21-10-4-5-15(21)22/h6-9,12H,3-5,10-11H2,1-2H3,(H2,19,20,24,25). The van der Waals surface area contributed by atoms with Crippen LogP contribution in [-0.4, -0.2) is 43.0 Å². The van der Waals surface area contributed by atoms with Crippen molar-refractivity contribution in [1.29, 1.82) is 0 Å². The topological polar surface area (TPSA) is 105 Å². The minimum Gasteiger partial charge on any atom is -0.452 e. The summed E-state index contributed by atoms with van der Waals surface area (Å²) in [6, 6.07) is 6.45. The number of esters is 1. The summed E-state index contributed by atoms with van der Waals surface area (Å²) in [5, 5.41) is 4.51. The van der Waals surface area contributed by atoms with Gasteiger partial charge in [0.1, 0.15) is 0 Å². The molecular weight excluding hydrogens is 338 g/mol. The van der Waals surface area contributed by atoms with E-state index in [9.17, 15) is 19.2 Å². The van der Waals surface area contributed by atoms with Crippen LogP contribution in [0.5, 0.6) is 0 Å². The summed E-state index contributed by atoms with van der Waals surface area (Å²) in [6.07, 6.45) is 0.326. The molecule has 1 aliphatic rings. The van der Waals surface area contributed by atoms with Gasteiger partial charge in [0, 0.05) is 25.2 Å². The largest absolute Gasteiger partial charge is 0.452 e. The van der Waals surface area contributed by atoms with Gasteiger partial charge in [-0.1, -0.05) is 12.1 Å². The first-order valence-electron chi connectivity index (χ1n) is 8.58. The van der Waals surface area contributed by atoms with Crippen molar-refractivity contribution >= 4 is 29.5 Å². The molecule has 1 aromatic rings. The first-order chi connectivity index (χ1) is 12.4. The van der Waals surface area contributed by atoms with Crippen molar-refractivity contribution in [3.05, 3.63) is 29.8 Å². The van der Waals surface area contributed by atoms with Gasteiger partial charge in [-0.05, 0) is 38.0 Å². The zero-order valence-corrected chi connectivity index (χ0v) is 14.9. The predicted octanol–water partition coefficient (Wildman–Crippen LogP) is 1.13. The number of carbonyl (C=O) groups is 4. The highest BCUT2D eigenvalue weighted by atomic mass is 16.5. The van der Waals surface area contributed by atoms with Crippen LogP contribution in [0.4, 0.5) is 10.5 Å². The molecular formula is C18H23N3O5. The number of hydrogen-bond donors (Lipinski definition) is 2. The molecule has 1 aliphatic heterocycles. The lowest BCUT2D eigenvalue weighted by molar-refractivity contribution is -0.153. The molecule has 0 saturated carbocycles. The van der Waals surface area contributed by atoms with Gasteiger partial charge in [0.15, 0.2) is 6.10 Å². The van der Waals surface area contributed by atoms with Crippen LogP contribution in [0.15, 0.2) is 24.3 Å². The molecule has 0 bridgehead atoms. The number of rotatable bonds is 6. The lowest BCUT2D eigenvalue weighted by Gasteiger charge is -2.16.